The Morgan fingerprint density at radius 3 is 1.42 bits per heavy atom. The number of aliphatic hydroxyl groups excluding tert-OH is 5. The molecule has 1 amide bonds. The summed E-state index contributed by atoms with van der Waals surface area (Å²) in [5, 5.41) is 54.4. The van der Waals surface area contributed by atoms with Crippen LogP contribution < -0.4 is 5.32 Å². The SMILES string of the molecule is CC/C=C\C/C=C\C/C=C\C/C=C\CCCCCCCCC(=O)NC(COC1OC(CO)C(O)C(O)C1O)C(O)/C=C/CCCCCCCCCCCCCCCCCCCCCCC. The number of nitrogens with one attached hydrogen (secondary N) is 1. The molecule has 9 nitrogen and oxygen atoms in total. The molecule has 0 aliphatic carbocycles. The van der Waals surface area contributed by atoms with Crippen molar-refractivity contribution in [2.75, 3.05) is 13.2 Å². The zero-order valence-electron chi connectivity index (χ0n) is 41.7. The van der Waals surface area contributed by atoms with Gasteiger partial charge in [-0.05, 0) is 57.8 Å². The van der Waals surface area contributed by atoms with Crippen LogP contribution in [0.5, 0.6) is 0 Å². The van der Waals surface area contributed by atoms with E-state index in [9.17, 15) is 30.3 Å². The number of aliphatic hydroxyl groups is 5. The van der Waals surface area contributed by atoms with E-state index in [0.29, 0.717) is 6.42 Å². The van der Waals surface area contributed by atoms with E-state index in [4.69, 9.17) is 9.47 Å². The number of hydrogen-bond acceptors (Lipinski definition) is 8. The monoisotopic (exact) mass is 916 g/mol. The van der Waals surface area contributed by atoms with E-state index in [-0.39, 0.29) is 12.5 Å². The molecule has 7 atom stereocenters. The van der Waals surface area contributed by atoms with Gasteiger partial charge in [0.15, 0.2) is 6.29 Å². The summed E-state index contributed by atoms with van der Waals surface area (Å²) in [6.07, 6.45) is 54.1. The maximum Gasteiger partial charge on any atom is 0.220 e. The molecule has 6 N–H and O–H groups in total. The Balaban J connectivity index is 2.28. The van der Waals surface area contributed by atoms with E-state index in [0.717, 1.165) is 83.5 Å². The first-order valence-corrected chi connectivity index (χ1v) is 27.0. The first kappa shape index (κ1) is 60.9. The minimum Gasteiger partial charge on any atom is -0.394 e. The van der Waals surface area contributed by atoms with Crippen molar-refractivity contribution in [2.24, 2.45) is 0 Å². The fourth-order valence-electron chi connectivity index (χ4n) is 8.32. The van der Waals surface area contributed by atoms with E-state index < -0.39 is 49.5 Å². The van der Waals surface area contributed by atoms with Gasteiger partial charge in [-0.25, -0.2) is 0 Å². The van der Waals surface area contributed by atoms with Gasteiger partial charge >= 0.3 is 0 Å². The van der Waals surface area contributed by atoms with Crippen LogP contribution in [-0.2, 0) is 14.3 Å². The number of amides is 1. The van der Waals surface area contributed by atoms with Crippen LogP contribution in [-0.4, -0.2) is 87.5 Å². The molecule has 0 radical (unpaired) electrons. The standard InChI is InChI=1S/C56H101NO8/c1-3-5-7-9-11-13-15-17-19-21-23-24-25-26-28-29-31-33-35-37-39-41-43-45-50(59)49(48-64-56-55(63)54(62)53(61)51(47-58)65-56)57-52(60)46-44-42-40-38-36-34-32-30-27-22-20-18-16-14-12-10-8-6-4-2/h6,8,12,14,18,20,27,30,43,45,49-51,53-56,58-59,61-63H,3-5,7,9-11,13,15-17,19,21-26,28-29,31-42,44,46-48H2,1-2H3,(H,57,60)/b8-6-,14-12-,20-18-,30-27-,45-43+. The maximum atomic E-state index is 13.0. The normalized spacial score (nSPS) is 20.4. The van der Waals surface area contributed by atoms with Gasteiger partial charge in [-0.2, -0.15) is 0 Å². The number of carbonyl (C=O) groups is 1. The molecule has 0 aromatic heterocycles. The Hall–Kier alpha value is -2.11. The number of unbranched alkanes of at least 4 members (excludes halogenated alkanes) is 27. The second-order valence-electron chi connectivity index (χ2n) is 18.6. The summed E-state index contributed by atoms with van der Waals surface area (Å²) in [5.74, 6) is -0.191. The molecule has 0 aromatic rings. The molecule has 0 saturated carbocycles. The van der Waals surface area contributed by atoms with Crippen molar-refractivity contribution in [3.8, 4) is 0 Å². The van der Waals surface area contributed by atoms with Gasteiger partial charge in [0.1, 0.15) is 24.4 Å². The van der Waals surface area contributed by atoms with Crippen molar-refractivity contribution >= 4 is 5.91 Å². The summed E-state index contributed by atoms with van der Waals surface area (Å²) in [6.45, 7) is 3.67. The quantitative estimate of drug-likeness (QED) is 0.0261. The Morgan fingerprint density at radius 1 is 0.538 bits per heavy atom. The van der Waals surface area contributed by atoms with Crippen molar-refractivity contribution in [1.29, 1.82) is 0 Å². The molecule has 0 aromatic carbocycles. The molecule has 1 aliphatic rings. The number of hydrogen-bond donors (Lipinski definition) is 6. The van der Waals surface area contributed by atoms with Crippen LogP contribution >= 0.6 is 0 Å². The van der Waals surface area contributed by atoms with Crippen LogP contribution in [0.1, 0.15) is 232 Å². The van der Waals surface area contributed by atoms with Crippen LogP contribution in [0.4, 0.5) is 0 Å². The maximum absolute atomic E-state index is 13.0. The van der Waals surface area contributed by atoms with Crippen LogP contribution in [0.2, 0.25) is 0 Å². The van der Waals surface area contributed by atoms with E-state index in [1.54, 1.807) is 6.08 Å². The summed E-state index contributed by atoms with van der Waals surface area (Å²) in [5.41, 5.74) is 0. The van der Waals surface area contributed by atoms with Gasteiger partial charge < -0.3 is 40.3 Å². The van der Waals surface area contributed by atoms with Crippen molar-refractivity contribution < 1.29 is 39.8 Å². The molecule has 0 bridgehead atoms. The van der Waals surface area contributed by atoms with Gasteiger partial charge in [0.25, 0.3) is 0 Å². The minimum atomic E-state index is -1.57. The smallest absolute Gasteiger partial charge is 0.220 e. The first-order valence-electron chi connectivity index (χ1n) is 27.0. The molecule has 0 spiro atoms. The topological polar surface area (TPSA) is 149 Å². The molecule has 1 rings (SSSR count). The first-order chi connectivity index (χ1) is 31.8. The fourth-order valence-corrected chi connectivity index (χ4v) is 8.32. The average molecular weight is 916 g/mol. The second kappa shape index (κ2) is 45.7. The molecule has 1 fully saturated rings. The number of allylic oxidation sites excluding steroid dienone is 9. The third kappa shape index (κ3) is 35.7. The zero-order chi connectivity index (χ0) is 47.3. The number of ether oxygens (including phenoxy) is 2. The van der Waals surface area contributed by atoms with E-state index in [1.807, 2.05) is 6.08 Å². The molecular formula is C56H101NO8. The third-order valence-electron chi connectivity index (χ3n) is 12.6. The highest BCUT2D eigenvalue weighted by atomic mass is 16.7. The fraction of sp³-hybridized carbons (Fsp3) is 0.804. The molecular weight excluding hydrogens is 815 g/mol. The Labute approximate surface area is 398 Å². The summed E-state index contributed by atoms with van der Waals surface area (Å²) in [4.78, 5) is 13.0. The zero-order valence-corrected chi connectivity index (χ0v) is 41.7. The lowest BCUT2D eigenvalue weighted by molar-refractivity contribution is -0.302. The predicted octanol–water partition coefficient (Wildman–Crippen LogP) is 12.7. The van der Waals surface area contributed by atoms with Gasteiger partial charge in [0, 0.05) is 6.42 Å². The van der Waals surface area contributed by atoms with Crippen molar-refractivity contribution in [2.45, 2.75) is 275 Å². The summed E-state index contributed by atoms with van der Waals surface area (Å²) in [6, 6.07) is -0.816. The average Bonchev–Trinajstić information content (AvgIpc) is 3.31. The Bertz CT molecular complexity index is 1200. The van der Waals surface area contributed by atoms with Crippen LogP contribution in [0, 0.1) is 0 Å². The molecule has 1 heterocycles. The van der Waals surface area contributed by atoms with Crippen LogP contribution in [0.3, 0.4) is 0 Å². The predicted molar refractivity (Wildman–Crippen MR) is 272 cm³/mol. The lowest BCUT2D eigenvalue weighted by atomic mass is 9.99. The van der Waals surface area contributed by atoms with Crippen molar-refractivity contribution in [3.63, 3.8) is 0 Å². The largest absolute Gasteiger partial charge is 0.394 e. The highest BCUT2D eigenvalue weighted by molar-refractivity contribution is 5.76. The van der Waals surface area contributed by atoms with Crippen LogP contribution in [0.15, 0.2) is 60.8 Å². The van der Waals surface area contributed by atoms with E-state index >= 15 is 0 Å². The number of carbonyl (C=O) groups excluding carboxylic acids is 1. The van der Waals surface area contributed by atoms with Gasteiger partial charge in [0.2, 0.25) is 5.91 Å². The Kier molecular flexibility index (Phi) is 42.8. The van der Waals surface area contributed by atoms with E-state index in [2.05, 4.69) is 67.8 Å². The highest BCUT2D eigenvalue weighted by Crippen LogP contribution is 2.23. The lowest BCUT2D eigenvalue weighted by Crippen LogP contribution is -2.60. The molecule has 1 saturated heterocycles. The summed E-state index contributed by atoms with van der Waals surface area (Å²) < 4.78 is 11.2. The Morgan fingerprint density at radius 2 is 0.954 bits per heavy atom. The highest BCUT2D eigenvalue weighted by Gasteiger charge is 2.44. The number of rotatable bonds is 45. The van der Waals surface area contributed by atoms with Gasteiger partial charge in [-0.1, -0.05) is 229 Å². The van der Waals surface area contributed by atoms with Crippen molar-refractivity contribution in [1.82, 2.24) is 5.32 Å². The van der Waals surface area contributed by atoms with Crippen molar-refractivity contribution in [3.05, 3.63) is 60.8 Å². The molecule has 7 unspecified atom stereocenters. The molecule has 378 valence electrons. The van der Waals surface area contributed by atoms with Gasteiger partial charge in [-0.15, -0.1) is 0 Å². The van der Waals surface area contributed by atoms with Gasteiger partial charge in [-0.3, -0.25) is 4.79 Å². The summed E-state index contributed by atoms with van der Waals surface area (Å²) >= 11 is 0. The summed E-state index contributed by atoms with van der Waals surface area (Å²) in [7, 11) is 0. The third-order valence-corrected chi connectivity index (χ3v) is 12.6. The minimum absolute atomic E-state index is 0.191. The van der Waals surface area contributed by atoms with Gasteiger partial charge in [0.05, 0.1) is 25.4 Å². The van der Waals surface area contributed by atoms with Crippen LogP contribution in [0.25, 0.3) is 0 Å². The second-order valence-corrected chi connectivity index (χ2v) is 18.6. The lowest BCUT2D eigenvalue weighted by Gasteiger charge is -2.40. The molecule has 65 heavy (non-hydrogen) atoms. The molecule has 9 heteroatoms. The molecule has 1 aliphatic heterocycles. The van der Waals surface area contributed by atoms with E-state index in [1.165, 1.54) is 128 Å².